The molecule has 0 aromatic heterocycles. The van der Waals surface area contributed by atoms with E-state index in [2.05, 4.69) is 39.0 Å². The summed E-state index contributed by atoms with van der Waals surface area (Å²) in [4.78, 5) is 42.0. The number of benzene rings is 1. The van der Waals surface area contributed by atoms with Crippen molar-refractivity contribution in [3.63, 3.8) is 0 Å². The number of aliphatic hydroxyl groups is 2. The summed E-state index contributed by atoms with van der Waals surface area (Å²) in [5.41, 5.74) is -2.22. The first-order valence-electron chi connectivity index (χ1n) is 17.2. The molecule has 46 heavy (non-hydrogen) atoms. The minimum absolute atomic E-state index is 0.0119. The highest BCUT2D eigenvalue weighted by atomic mass is 16.7. The Morgan fingerprint density at radius 2 is 1.78 bits per heavy atom. The zero-order chi connectivity index (χ0) is 32.1. The van der Waals surface area contributed by atoms with E-state index in [-0.39, 0.29) is 64.2 Å². The van der Waals surface area contributed by atoms with E-state index in [4.69, 9.17) is 14.2 Å². The summed E-state index contributed by atoms with van der Waals surface area (Å²) in [7, 11) is 0. The van der Waals surface area contributed by atoms with E-state index in [0.717, 1.165) is 31.3 Å². The lowest BCUT2D eigenvalue weighted by molar-refractivity contribution is -0.223. The smallest absolute Gasteiger partial charge is 0.312 e. The fourth-order valence-corrected chi connectivity index (χ4v) is 13.6. The second-order valence-corrected chi connectivity index (χ2v) is 17.4. The van der Waals surface area contributed by atoms with Gasteiger partial charge in [0.15, 0.2) is 5.60 Å². The van der Waals surface area contributed by atoms with Crippen LogP contribution >= 0.6 is 0 Å². The number of fused-ring (bicyclic) bond motifs is 7. The molecule has 4 saturated carbocycles. The summed E-state index contributed by atoms with van der Waals surface area (Å²) in [5, 5.41) is 21.5. The zero-order valence-electron chi connectivity index (χ0n) is 26.9. The number of esters is 1. The Labute approximate surface area is 268 Å². The Bertz CT molecular complexity index is 1760. The van der Waals surface area contributed by atoms with Gasteiger partial charge in [-0.25, -0.2) is 0 Å². The predicted molar refractivity (Wildman–Crippen MR) is 163 cm³/mol. The van der Waals surface area contributed by atoms with Crippen LogP contribution in [0.4, 0.5) is 0 Å². The number of hydrogen-bond donors (Lipinski definition) is 2. The van der Waals surface area contributed by atoms with Gasteiger partial charge in [-0.1, -0.05) is 51.1 Å². The summed E-state index contributed by atoms with van der Waals surface area (Å²) in [6.45, 7) is 8.25. The van der Waals surface area contributed by atoms with Crippen molar-refractivity contribution >= 4 is 17.5 Å². The Kier molecular flexibility index (Phi) is 4.75. The van der Waals surface area contributed by atoms with Gasteiger partial charge in [-0.3, -0.25) is 14.4 Å². The zero-order valence-corrected chi connectivity index (χ0v) is 26.9. The molecule has 8 heteroatoms. The summed E-state index contributed by atoms with van der Waals surface area (Å²) in [5.74, 6) is -1.20. The van der Waals surface area contributed by atoms with Crippen LogP contribution in [-0.2, 0) is 19.1 Å². The predicted octanol–water partition coefficient (Wildman–Crippen LogP) is 4.72. The molecule has 242 valence electrons. The van der Waals surface area contributed by atoms with Gasteiger partial charge < -0.3 is 24.4 Å². The van der Waals surface area contributed by atoms with E-state index in [1.807, 2.05) is 24.3 Å². The highest BCUT2D eigenvalue weighted by Gasteiger charge is 2.86. The molecular weight excluding hydrogens is 584 g/mol. The van der Waals surface area contributed by atoms with E-state index in [1.165, 1.54) is 6.92 Å². The quantitative estimate of drug-likeness (QED) is 0.340. The van der Waals surface area contributed by atoms with Gasteiger partial charge in [0.2, 0.25) is 11.6 Å². The van der Waals surface area contributed by atoms with Gasteiger partial charge >= 0.3 is 5.97 Å². The van der Waals surface area contributed by atoms with Crippen molar-refractivity contribution in [3.05, 3.63) is 53.6 Å². The fraction of sp³-hybridized carbons (Fsp3) is 0.658. The van der Waals surface area contributed by atoms with E-state index in [0.29, 0.717) is 29.9 Å². The average molecular weight is 627 g/mol. The van der Waals surface area contributed by atoms with Gasteiger partial charge in [0.1, 0.15) is 23.2 Å². The van der Waals surface area contributed by atoms with E-state index >= 15 is 0 Å². The van der Waals surface area contributed by atoms with E-state index in [1.54, 1.807) is 0 Å². The Morgan fingerprint density at radius 1 is 1.00 bits per heavy atom. The third-order valence-electron chi connectivity index (χ3n) is 15.7. The van der Waals surface area contributed by atoms with Gasteiger partial charge in [0, 0.05) is 30.1 Å². The maximum absolute atomic E-state index is 14.8. The van der Waals surface area contributed by atoms with Crippen molar-refractivity contribution in [2.45, 2.75) is 95.7 Å². The lowest BCUT2D eigenvalue weighted by Crippen LogP contribution is -2.70. The van der Waals surface area contributed by atoms with Crippen molar-refractivity contribution in [1.82, 2.24) is 0 Å². The molecule has 3 aliphatic heterocycles. The molecule has 10 rings (SSSR count). The SMILES string of the molecule is C[C@]12CC=C3[C@@]4(C[C@]3(C)[C@@H]1CC(=O)[C@]1(C)[C@@H]2C=C[C@]23C[C@@]21CC[C@H]3[C@@H]1C[C@@]2(OC[C@](C)(O)[C@H]2O)OC1=O)Oc1ccccc1C4=O. The van der Waals surface area contributed by atoms with Gasteiger partial charge in [-0.2, -0.15) is 0 Å². The third-order valence-corrected chi connectivity index (χ3v) is 15.7. The second-order valence-electron chi connectivity index (χ2n) is 17.4. The fourth-order valence-electron chi connectivity index (χ4n) is 13.6. The van der Waals surface area contributed by atoms with Crippen LogP contribution < -0.4 is 4.74 Å². The molecule has 0 bridgehead atoms. The van der Waals surface area contributed by atoms with E-state index in [9.17, 15) is 24.6 Å². The Balaban J connectivity index is 0.996. The van der Waals surface area contributed by atoms with Gasteiger partial charge in [0.05, 0.1) is 18.1 Å². The molecule has 9 aliphatic rings. The van der Waals surface area contributed by atoms with Crippen LogP contribution in [0.1, 0.15) is 83.0 Å². The molecule has 2 spiro atoms. The normalized spacial score (nSPS) is 56.7. The lowest BCUT2D eigenvalue weighted by atomic mass is 9.34. The minimum atomic E-state index is -1.51. The van der Waals surface area contributed by atoms with Crippen molar-refractivity contribution in [1.29, 1.82) is 0 Å². The highest BCUT2D eigenvalue weighted by Crippen LogP contribution is 2.89. The standard InChI is InChI=1S/C38H42O8/c1-31-12-10-25-32(2,17-37(25)28(40)20-7-5-6-8-23(20)45-37)26(31)15-27(39)34(4)24(31)11-13-35-18-36(34,35)14-9-22(35)21-16-38(46-29(21)41)30(42)33(3,43)19-44-38/h5-8,10-11,13,21-22,24,26,30,42-43H,9,12,14-19H2,1-4H3/t21-,22-,24+,26+,30+,31+,32-,33-,34-,35+,36+,37+,38+/m0/s1. The molecule has 0 radical (unpaired) electrons. The molecule has 2 N–H and O–H groups in total. The minimum Gasteiger partial charge on any atom is -0.474 e. The van der Waals surface area contributed by atoms with Crippen molar-refractivity contribution in [2.75, 3.05) is 6.61 Å². The largest absolute Gasteiger partial charge is 0.474 e. The van der Waals surface area contributed by atoms with Crippen LogP contribution in [0.3, 0.4) is 0 Å². The molecular formula is C38H42O8. The topological polar surface area (TPSA) is 119 Å². The molecule has 3 heterocycles. The van der Waals surface area contributed by atoms with Crippen molar-refractivity contribution in [3.8, 4) is 5.75 Å². The van der Waals surface area contributed by atoms with Crippen molar-refractivity contribution < 1.29 is 38.8 Å². The lowest BCUT2D eigenvalue weighted by Gasteiger charge is -2.69. The number of ether oxygens (including phenoxy) is 3. The molecule has 6 fully saturated rings. The number of carbonyl (C=O) groups is 3. The average Bonchev–Trinajstić information content (AvgIpc) is 3.14. The number of Topliss-reactive ketones (excluding diaryl/α,β-unsaturated/α-hetero) is 2. The van der Waals surface area contributed by atoms with E-state index < -0.39 is 34.4 Å². The highest BCUT2D eigenvalue weighted by molar-refractivity contribution is 6.11. The third kappa shape index (κ3) is 2.66. The van der Waals surface area contributed by atoms with Crippen LogP contribution in [0.5, 0.6) is 5.75 Å². The van der Waals surface area contributed by atoms with Crippen molar-refractivity contribution in [2.24, 2.45) is 50.7 Å². The number of rotatable bonds is 1. The molecule has 0 unspecified atom stereocenters. The molecule has 8 nitrogen and oxygen atoms in total. The first-order chi connectivity index (χ1) is 21.6. The molecule has 1 aromatic carbocycles. The number of para-hydroxylation sites is 1. The number of allylic oxidation sites excluding steroid dienone is 3. The molecule has 2 saturated heterocycles. The Hall–Kier alpha value is -2.81. The van der Waals surface area contributed by atoms with Crippen LogP contribution in [0.25, 0.3) is 0 Å². The molecule has 0 amide bonds. The number of aliphatic hydroxyl groups excluding tert-OH is 1. The second kappa shape index (κ2) is 7.74. The van der Waals surface area contributed by atoms with Crippen LogP contribution in [-0.4, -0.2) is 57.4 Å². The molecule has 6 aliphatic carbocycles. The summed E-state index contributed by atoms with van der Waals surface area (Å²) < 4.78 is 18.0. The summed E-state index contributed by atoms with van der Waals surface area (Å²) in [6, 6.07) is 7.52. The Morgan fingerprint density at radius 3 is 2.52 bits per heavy atom. The van der Waals surface area contributed by atoms with Gasteiger partial charge in [-0.15, -0.1) is 0 Å². The van der Waals surface area contributed by atoms with Crippen LogP contribution in [0.15, 0.2) is 48.1 Å². The van der Waals surface area contributed by atoms with Gasteiger partial charge in [-0.05, 0) is 84.3 Å². The molecule has 1 aromatic rings. The molecule has 13 atom stereocenters. The number of ketones is 2. The maximum Gasteiger partial charge on any atom is 0.312 e. The van der Waals surface area contributed by atoms with Gasteiger partial charge in [0.25, 0.3) is 0 Å². The summed E-state index contributed by atoms with van der Waals surface area (Å²) in [6.07, 6.45) is 10.3. The van der Waals surface area contributed by atoms with Crippen LogP contribution in [0.2, 0.25) is 0 Å². The maximum atomic E-state index is 14.8. The first kappa shape index (κ1) is 28.2. The monoisotopic (exact) mass is 626 g/mol. The number of hydrogen-bond acceptors (Lipinski definition) is 8. The first-order valence-corrected chi connectivity index (χ1v) is 17.2. The number of carbonyl (C=O) groups excluding carboxylic acids is 3. The van der Waals surface area contributed by atoms with Crippen LogP contribution in [0, 0.1) is 50.7 Å². The summed E-state index contributed by atoms with van der Waals surface area (Å²) >= 11 is 0.